The quantitative estimate of drug-likeness (QED) is 0.428. The first-order valence-corrected chi connectivity index (χ1v) is 10.9. The molecule has 0 aliphatic carbocycles. The van der Waals surface area contributed by atoms with Crippen LogP contribution in [0, 0.1) is 5.82 Å². The standard InChI is InChI=1S/C26H24FN3O5/c1-26(2,3)16-9-14-12-29-30(25(34)23(14)19(27)11-16)20-6-4-5-17(18(20)7-8-22(31)32)15-10-21(24(28)33)35-13-15/h4-6,9-13H,7-8H2,1-3H3,(H2,28,33)(H,31,32). The third-order valence-electron chi connectivity index (χ3n) is 5.83. The van der Waals surface area contributed by atoms with Crippen molar-refractivity contribution in [2.45, 2.75) is 39.0 Å². The fourth-order valence-corrected chi connectivity index (χ4v) is 3.98. The second kappa shape index (κ2) is 8.83. The van der Waals surface area contributed by atoms with E-state index in [2.05, 4.69) is 5.10 Å². The number of benzene rings is 2. The van der Waals surface area contributed by atoms with Gasteiger partial charge in [0.05, 0.1) is 23.5 Å². The first-order chi connectivity index (χ1) is 16.5. The Bertz CT molecular complexity index is 1530. The lowest BCUT2D eigenvalue weighted by molar-refractivity contribution is -0.136. The van der Waals surface area contributed by atoms with Gasteiger partial charge in [0.2, 0.25) is 0 Å². The highest BCUT2D eigenvalue weighted by Crippen LogP contribution is 2.31. The number of hydrogen-bond acceptors (Lipinski definition) is 5. The number of fused-ring (bicyclic) bond motifs is 1. The maximum Gasteiger partial charge on any atom is 0.303 e. The Morgan fingerprint density at radius 2 is 1.94 bits per heavy atom. The van der Waals surface area contributed by atoms with Crippen molar-refractivity contribution in [2.75, 3.05) is 0 Å². The van der Waals surface area contributed by atoms with Gasteiger partial charge in [-0.05, 0) is 52.8 Å². The molecule has 3 N–H and O–H groups in total. The summed E-state index contributed by atoms with van der Waals surface area (Å²) in [5.41, 5.74) is 6.83. The molecule has 180 valence electrons. The van der Waals surface area contributed by atoms with Gasteiger partial charge in [0.1, 0.15) is 5.82 Å². The molecule has 2 heterocycles. The minimum absolute atomic E-state index is 0.0511. The fraction of sp³-hybridized carbons (Fsp3) is 0.231. The first kappa shape index (κ1) is 23.9. The summed E-state index contributed by atoms with van der Waals surface area (Å²) in [6.45, 7) is 5.84. The Labute approximate surface area is 199 Å². The Morgan fingerprint density at radius 1 is 1.20 bits per heavy atom. The molecule has 4 aromatic rings. The second-order valence-electron chi connectivity index (χ2n) is 9.29. The smallest absolute Gasteiger partial charge is 0.303 e. The van der Waals surface area contributed by atoms with E-state index in [9.17, 15) is 19.5 Å². The second-order valence-corrected chi connectivity index (χ2v) is 9.29. The van der Waals surface area contributed by atoms with E-state index in [1.54, 1.807) is 24.3 Å². The summed E-state index contributed by atoms with van der Waals surface area (Å²) in [4.78, 5) is 36.2. The largest absolute Gasteiger partial charge is 0.481 e. The number of furan rings is 1. The maximum atomic E-state index is 15.1. The van der Waals surface area contributed by atoms with Crippen molar-refractivity contribution in [1.29, 1.82) is 0 Å². The highest BCUT2D eigenvalue weighted by atomic mass is 19.1. The summed E-state index contributed by atoms with van der Waals surface area (Å²) in [7, 11) is 0. The van der Waals surface area contributed by atoms with Crippen LogP contribution in [-0.2, 0) is 16.6 Å². The number of nitrogens with two attached hydrogens (primary N) is 1. The van der Waals surface area contributed by atoms with E-state index in [1.807, 2.05) is 20.8 Å². The van der Waals surface area contributed by atoms with E-state index in [1.165, 1.54) is 24.6 Å². The molecule has 0 spiro atoms. The molecule has 0 saturated carbocycles. The highest BCUT2D eigenvalue weighted by molar-refractivity contribution is 5.91. The molecule has 2 aromatic heterocycles. The molecule has 0 aliphatic rings. The molecule has 0 atom stereocenters. The molecule has 0 fully saturated rings. The number of nitrogens with zero attached hydrogens (tertiary/aromatic N) is 2. The number of rotatable bonds is 6. The third-order valence-corrected chi connectivity index (χ3v) is 5.83. The van der Waals surface area contributed by atoms with Crippen LogP contribution in [0.4, 0.5) is 4.39 Å². The van der Waals surface area contributed by atoms with Gasteiger partial charge in [-0.2, -0.15) is 9.78 Å². The molecule has 0 radical (unpaired) electrons. The zero-order valence-corrected chi connectivity index (χ0v) is 19.5. The number of carbonyl (C=O) groups is 2. The summed E-state index contributed by atoms with van der Waals surface area (Å²) >= 11 is 0. The predicted octanol–water partition coefficient (Wildman–Crippen LogP) is 4.20. The van der Waals surface area contributed by atoms with Crippen molar-refractivity contribution in [3.63, 3.8) is 0 Å². The van der Waals surface area contributed by atoms with Gasteiger partial charge in [-0.25, -0.2) is 4.39 Å². The van der Waals surface area contributed by atoms with Crippen molar-refractivity contribution in [3.05, 3.63) is 81.9 Å². The van der Waals surface area contributed by atoms with Crippen LogP contribution < -0.4 is 11.3 Å². The van der Waals surface area contributed by atoms with Crippen molar-refractivity contribution >= 4 is 22.6 Å². The van der Waals surface area contributed by atoms with Crippen LogP contribution >= 0.6 is 0 Å². The number of halogens is 1. The average Bonchev–Trinajstić information content (AvgIpc) is 3.27. The normalized spacial score (nSPS) is 11.7. The lowest BCUT2D eigenvalue weighted by atomic mass is 9.86. The fourth-order valence-electron chi connectivity index (χ4n) is 3.98. The van der Waals surface area contributed by atoms with E-state index < -0.39 is 23.3 Å². The number of amides is 1. The summed E-state index contributed by atoms with van der Waals surface area (Å²) in [5, 5.41) is 13.8. The molecule has 9 heteroatoms. The van der Waals surface area contributed by atoms with Crippen molar-refractivity contribution in [3.8, 4) is 16.8 Å². The number of carbonyl (C=O) groups excluding carboxylic acids is 1. The van der Waals surface area contributed by atoms with E-state index in [0.717, 1.165) is 10.2 Å². The molecule has 4 rings (SSSR count). The van der Waals surface area contributed by atoms with Crippen molar-refractivity contribution in [2.24, 2.45) is 5.73 Å². The zero-order chi connectivity index (χ0) is 25.5. The van der Waals surface area contributed by atoms with Gasteiger partial charge in [0, 0.05) is 17.4 Å². The van der Waals surface area contributed by atoms with Crippen molar-refractivity contribution < 1.29 is 23.5 Å². The van der Waals surface area contributed by atoms with Gasteiger partial charge < -0.3 is 15.3 Å². The molecule has 1 amide bonds. The van der Waals surface area contributed by atoms with Crippen LogP contribution in [0.2, 0.25) is 0 Å². The summed E-state index contributed by atoms with van der Waals surface area (Å²) in [6, 6.07) is 9.51. The third kappa shape index (κ3) is 4.57. The summed E-state index contributed by atoms with van der Waals surface area (Å²) < 4.78 is 21.4. The Balaban J connectivity index is 1.94. The molecule has 0 bridgehead atoms. The van der Waals surface area contributed by atoms with Gasteiger partial charge in [0.15, 0.2) is 5.76 Å². The molecule has 0 saturated heterocycles. The van der Waals surface area contributed by atoms with Gasteiger partial charge in [-0.3, -0.25) is 14.4 Å². The number of hydrogen-bond donors (Lipinski definition) is 2. The van der Waals surface area contributed by atoms with Crippen LogP contribution in [0.3, 0.4) is 0 Å². The monoisotopic (exact) mass is 477 g/mol. The highest BCUT2D eigenvalue weighted by Gasteiger charge is 2.21. The number of carboxylic acids is 1. The first-order valence-electron chi connectivity index (χ1n) is 10.9. The SMILES string of the molecule is CC(C)(C)c1cc(F)c2c(=O)n(-c3cccc(-c4coc(C(N)=O)c4)c3CCC(=O)O)ncc2c1. The minimum Gasteiger partial charge on any atom is -0.481 e. The lowest BCUT2D eigenvalue weighted by Gasteiger charge is -2.20. The number of aromatic nitrogens is 2. The van der Waals surface area contributed by atoms with Crippen LogP contribution in [-0.4, -0.2) is 26.8 Å². The van der Waals surface area contributed by atoms with E-state index in [4.69, 9.17) is 10.2 Å². The Kier molecular flexibility index (Phi) is 6.02. The van der Waals surface area contributed by atoms with Crippen molar-refractivity contribution in [1.82, 2.24) is 9.78 Å². The molecule has 2 aromatic carbocycles. The zero-order valence-electron chi connectivity index (χ0n) is 19.5. The van der Waals surface area contributed by atoms with E-state index in [0.29, 0.717) is 27.8 Å². The number of aliphatic carboxylic acids is 1. The molecular formula is C26H24FN3O5. The number of primary amides is 1. The van der Waals surface area contributed by atoms with Gasteiger partial charge in [-0.15, -0.1) is 0 Å². The van der Waals surface area contributed by atoms with Crippen LogP contribution in [0.15, 0.2) is 58.1 Å². The van der Waals surface area contributed by atoms with Gasteiger partial charge in [-0.1, -0.05) is 32.9 Å². The van der Waals surface area contributed by atoms with Gasteiger partial charge >= 0.3 is 5.97 Å². The van der Waals surface area contributed by atoms with E-state index >= 15 is 4.39 Å². The molecular weight excluding hydrogens is 453 g/mol. The lowest BCUT2D eigenvalue weighted by Crippen LogP contribution is -2.24. The topological polar surface area (TPSA) is 128 Å². The molecule has 8 nitrogen and oxygen atoms in total. The minimum atomic E-state index is -1.03. The molecule has 0 unspecified atom stereocenters. The van der Waals surface area contributed by atoms with Crippen LogP contribution in [0.25, 0.3) is 27.6 Å². The van der Waals surface area contributed by atoms with Gasteiger partial charge in [0.25, 0.3) is 11.5 Å². The average molecular weight is 477 g/mol. The Hall–Kier alpha value is -4.27. The summed E-state index contributed by atoms with van der Waals surface area (Å²) in [5.74, 6) is -2.50. The number of carboxylic acid groups (broad SMARTS) is 1. The predicted molar refractivity (Wildman–Crippen MR) is 128 cm³/mol. The maximum absolute atomic E-state index is 15.1. The summed E-state index contributed by atoms with van der Waals surface area (Å²) in [6.07, 6.45) is 2.57. The van der Waals surface area contributed by atoms with Crippen LogP contribution in [0.1, 0.15) is 48.9 Å². The Morgan fingerprint density at radius 3 is 2.57 bits per heavy atom. The van der Waals surface area contributed by atoms with Crippen LogP contribution in [0.5, 0.6) is 0 Å². The van der Waals surface area contributed by atoms with E-state index in [-0.39, 0.29) is 29.4 Å². The molecule has 0 aliphatic heterocycles. The molecule has 35 heavy (non-hydrogen) atoms.